The Balaban J connectivity index is 1.59. The van der Waals surface area contributed by atoms with Crippen LogP contribution in [0.3, 0.4) is 0 Å². The number of nitrogens with one attached hydrogen (secondary N) is 1. The first kappa shape index (κ1) is 25.4. The van der Waals surface area contributed by atoms with Crippen molar-refractivity contribution < 1.29 is 28.2 Å². The van der Waals surface area contributed by atoms with E-state index in [4.69, 9.17) is 25.5 Å². The second-order valence-corrected chi connectivity index (χ2v) is 7.53. The fourth-order valence-electron chi connectivity index (χ4n) is 3.06. The molecule has 10 nitrogen and oxygen atoms in total. The number of amides is 1. The molecule has 0 bridgehead atoms. The highest BCUT2D eigenvalue weighted by Gasteiger charge is 2.15. The number of pyridine rings is 1. The summed E-state index contributed by atoms with van der Waals surface area (Å²) < 4.78 is 20.9. The molecule has 180 valence electrons. The highest BCUT2D eigenvalue weighted by molar-refractivity contribution is 6.33. The van der Waals surface area contributed by atoms with Gasteiger partial charge in [0.1, 0.15) is 23.2 Å². The van der Waals surface area contributed by atoms with E-state index in [0.29, 0.717) is 28.3 Å². The van der Waals surface area contributed by atoms with Crippen LogP contribution in [0.15, 0.2) is 45.9 Å². The molecular formula is C24H21ClN4O6. The zero-order valence-electron chi connectivity index (χ0n) is 19.1. The summed E-state index contributed by atoms with van der Waals surface area (Å²) in [6, 6.07) is 11.9. The smallest absolute Gasteiger partial charge is 0.339 e. The van der Waals surface area contributed by atoms with Gasteiger partial charge in [0.15, 0.2) is 6.61 Å². The van der Waals surface area contributed by atoms with Gasteiger partial charge in [-0.2, -0.15) is 10.4 Å². The number of rotatable bonds is 9. The van der Waals surface area contributed by atoms with Gasteiger partial charge in [0.2, 0.25) is 5.88 Å². The van der Waals surface area contributed by atoms with E-state index in [0.717, 1.165) is 0 Å². The zero-order chi connectivity index (χ0) is 25.4. The Kier molecular flexibility index (Phi) is 8.56. The lowest BCUT2D eigenvalue weighted by Crippen LogP contribution is -2.25. The third kappa shape index (κ3) is 6.44. The van der Waals surface area contributed by atoms with Gasteiger partial charge in [0, 0.05) is 23.9 Å². The Morgan fingerprint density at radius 1 is 1.26 bits per heavy atom. The molecule has 0 aliphatic heterocycles. The molecule has 0 saturated heterocycles. The first-order chi connectivity index (χ1) is 16.9. The van der Waals surface area contributed by atoms with Crippen molar-refractivity contribution in [1.82, 2.24) is 10.4 Å². The molecule has 0 radical (unpaired) electrons. The summed E-state index contributed by atoms with van der Waals surface area (Å²) >= 11 is 6.15. The molecule has 11 heteroatoms. The maximum atomic E-state index is 12.1. The Morgan fingerprint density at radius 2 is 2.06 bits per heavy atom. The fourth-order valence-corrected chi connectivity index (χ4v) is 3.32. The second kappa shape index (κ2) is 11.8. The van der Waals surface area contributed by atoms with Gasteiger partial charge in [-0.25, -0.2) is 15.2 Å². The van der Waals surface area contributed by atoms with Gasteiger partial charge in [-0.15, -0.1) is 0 Å². The minimum atomic E-state index is -0.557. The zero-order valence-corrected chi connectivity index (χ0v) is 19.9. The van der Waals surface area contributed by atoms with Crippen molar-refractivity contribution in [3.8, 4) is 23.3 Å². The number of halogens is 1. The lowest BCUT2D eigenvalue weighted by atomic mass is 10.1. The Hall–Kier alpha value is -4.20. The third-order valence-electron chi connectivity index (χ3n) is 4.61. The standard InChI is InChI=1S/C24H21ClN4O6/c1-14-8-16(12-32-2)19(10-26)23(28-14)34-13-22(30)29-27-11-17-5-7-21(35-17)15-4-6-18(20(25)9-15)24(31)33-3/h4-9,11H,12-13H2,1-3H3,(H,29,30)/b27-11-. The molecule has 1 amide bonds. The quantitative estimate of drug-likeness (QED) is 0.269. The fraction of sp³-hybridized carbons (Fsp3) is 0.208. The van der Waals surface area contributed by atoms with Crippen LogP contribution in [0, 0.1) is 18.3 Å². The number of carbonyl (C=O) groups excluding carboxylic acids is 2. The van der Waals surface area contributed by atoms with Gasteiger partial charge >= 0.3 is 5.97 Å². The van der Waals surface area contributed by atoms with Crippen LogP contribution < -0.4 is 10.2 Å². The topological polar surface area (TPSA) is 136 Å². The number of hydrazone groups is 1. The van der Waals surface area contributed by atoms with E-state index >= 15 is 0 Å². The molecule has 35 heavy (non-hydrogen) atoms. The normalized spacial score (nSPS) is 10.7. The number of esters is 1. The van der Waals surface area contributed by atoms with Crippen LogP contribution in [-0.4, -0.2) is 43.9 Å². The summed E-state index contributed by atoms with van der Waals surface area (Å²) in [5, 5.41) is 13.5. The largest absolute Gasteiger partial charge is 0.467 e. The number of nitrogens with zero attached hydrogens (tertiary/aromatic N) is 3. The van der Waals surface area contributed by atoms with E-state index in [1.54, 1.807) is 43.3 Å². The molecule has 1 aromatic carbocycles. The molecule has 0 aliphatic rings. The Labute approximate surface area is 206 Å². The molecule has 0 aliphatic carbocycles. The maximum Gasteiger partial charge on any atom is 0.339 e. The number of furan rings is 1. The van der Waals surface area contributed by atoms with Crippen LogP contribution in [-0.2, 0) is 20.9 Å². The van der Waals surface area contributed by atoms with E-state index < -0.39 is 18.5 Å². The van der Waals surface area contributed by atoms with E-state index in [1.807, 2.05) is 6.07 Å². The highest BCUT2D eigenvalue weighted by atomic mass is 35.5. The molecule has 0 saturated carbocycles. The summed E-state index contributed by atoms with van der Waals surface area (Å²) in [6.45, 7) is 1.56. The van der Waals surface area contributed by atoms with Crippen LogP contribution in [0.25, 0.3) is 11.3 Å². The molecule has 3 rings (SSSR count). The number of ether oxygens (including phenoxy) is 3. The Bertz CT molecular complexity index is 1310. The first-order valence-electron chi connectivity index (χ1n) is 10.2. The summed E-state index contributed by atoms with van der Waals surface area (Å²) in [4.78, 5) is 27.9. The SMILES string of the molecule is COCc1cc(C)nc(OCC(=O)N/N=C\c2ccc(-c3ccc(C(=O)OC)c(Cl)c3)o2)c1C#N. The van der Waals surface area contributed by atoms with Gasteiger partial charge in [-0.1, -0.05) is 17.7 Å². The van der Waals surface area contributed by atoms with Crippen LogP contribution in [0.5, 0.6) is 5.88 Å². The minimum absolute atomic E-state index is 0.0474. The van der Waals surface area contributed by atoms with Crippen molar-refractivity contribution in [3.63, 3.8) is 0 Å². The molecule has 2 heterocycles. The third-order valence-corrected chi connectivity index (χ3v) is 4.93. The summed E-state index contributed by atoms with van der Waals surface area (Å²) in [5.74, 6) is -0.192. The molecular weight excluding hydrogens is 476 g/mol. The molecule has 0 unspecified atom stereocenters. The number of nitriles is 1. The maximum absolute atomic E-state index is 12.1. The number of methoxy groups -OCH3 is 2. The summed E-state index contributed by atoms with van der Waals surface area (Å²) in [7, 11) is 2.79. The van der Waals surface area contributed by atoms with Gasteiger partial charge < -0.3 is 18.6 Å². The molecule has 0 atom stereocenters. The van der Waals surface area contributed by atoms with Gasteiger partial charge in [-0.05, 0) is 37.3 Å². The summed E-state index contributed by atoms with van der Waals surface area (Å²) in [6.07, 6.45) is 1.31. The summed E-state index contributed by atoms with van der Waals surface area (Å²) in [5.41, 5.74) is 4.65. The van der Waals surface area contributed by atoms with Crippen molar-refractivity contribution in [2.24, 2.45) is 5.10 Å². The molecule has 2 aromatic heterocycles. The molecule has 1 N–H and O–H groups in total. The van der Waals surface area contributed by atoms with E-state index in [1.165, 1.54) is 20.4 Å². The number of benzene rings is 1. The van der Waals surface area contributed by atoms with Gasteiger partial charge in [0.25, 0.3) is 5.91 Å². The van der Waals surface area contributed by atoms with E-state index in [-0.39, 0.29) is 28.6 Å². The monoisotopic (exact) mass is 496 g/mol. The van der Waals surface area contributed by atoms with E-state index in [9.17, 15) is 14.9 Å². The Morgan fingerprint density at radius 3 is 2.74 bits per heavy atom. The number of aryl methyl sites for hydroxylation is 1. The van der Waals surface area contributed by atoms with Crippen molar-refractivity contribution in [2.45, 2.75) is 13.5 Å². The minimum Gasteiger partial charge on any atom is -0.467 e. The van der Waals surface area contributed by atoms with Crippen molar-refractivity contribution >= 4 is 29.7 Å². The van der Waals surface area contributed by atoms with Crippen molar-refractivity contribution in [3.05, 3.63) is 69.6 Å². The van der Waals surface area contributed by atoms with Crippen molar-refractivity contribution in [1.29, 1.82) is 5.26 Å². The average Bonchev–Trinajstić information content (AvgIpc) is 3.31. The molecule has 0 spiro atoms. The molecule has 3 aromatic rings. The lowest BCUT2D eigenvalue weighted by molar-refractivity contribution is -0.123. The molecule has 0 fully saturated rings. The lowest BCUT2D eigenvalue weighted by Gasteiger charge is -2.10. The second-order valence-electron chi connectivity index (χ2n) is 7.12. The predicted octanol–water partition coefficient (Wildman–Crippen LogP) is 3.64. The van der Waals surface area contributed by atoms with E-state index in [2.05, 4.69) is 20.2 Å². The number of hydrogen-bond donors (Lipinski definition) is 1. The van der Waals surface area contributed by atoms with Gasteiger partial charge in [-0.3, -0.25) is 4.79 Å². The number of hydrogen-bond acceptors (Lipinski definition) is 9. The number of aromatic nitrogens is 1. The average molecular weight is 497 g/mol. The van der Waals surface area contributed by atoms with Crippen molar-refractivity contribution in [2.75, 3.05) is 20.8 Å². The van der Waals surface area contributed by atoms with Crippen LogP contribution >= 0.6 is 11.6 Å². The highest BCUT2D eigenvalue weighted by Crippen LogP contribution is 2.27. The van der Waals surface area contributed by atoms with Crippen LogP contribution in [0.4, 0.5) is 0 Å². The predicted molar refractivity (Wildman–Crippen MR) is 126 cm³/mol. The van der Waals surface area contributed by atoms with Gasteiger partial charge in [0.05, 0.1) is 30.5 Å². The van der Waals surface area contributed by atoms with Crippen LogP contribution in [0.1, 0.15) is 32.9 Å². The number of carbonyl (C=O) groups is 2. The van der Waals surface area contributed by atoms with Crippen LogP contribution in [0.2, 0.25) is 5.02 Å². The first-order valence-corrected chi connectivity index (χ1v) is 10.6.